The molecule has 3 N–H and O–H groups in total. The number of esters is 1. The Morgan fingerprint density at radius 1 is 1.00 bits per heavy atom. The smallest absolute Gasteiger partial charge is 0.309 e. The third kappa shape index (κ3) is 10.8. The second kappa shape index (κ2) is 15.8. The maximum absolute atomic E-state index is 12.9. The Balaban J connectivity index is 2.75. The van der Waals surface area contributed by atoms with E-state index in [1.165, 1.54) is 0 Å². The number of benzene rings is 1. The van der Waals surface area contributed by atoms with Gasteiger partial charge in [0.2, 0.25) is 11.8 Å². The maximum atomic E-state index is 12.9. The lowest BCUT2D eigenvalue weighted by atomic mass is 9.96. The normalized spacial score (nSPS) is 14.4. The first-order valence-corrected chi connectivity index (χ1v) is 11.8. The summed E-state index contributed by atoms with van der Waals surface area (Å²) in [5, 5.41) is 14.7. The molecule has 7 nitrogen and oxygen atoms in total. The Labute approximate surface area is 203 Å². The van der Waals surface area contributed by atoms with Gasteiger partial charge in [0, 0.05) is 12.5 Å². The predicted octanol–water partition coefficient (Wildman–Crippen LogP) is 3.18. The fourth-order valence-electron chi connectivity index (χ4n) is 3.44. The van der Waals surface area contributed by atoms with E-state index in [0.717, 1.165) is 5.56 Å². The first-order chi connectivity index (χ1) is 16.2. The van der Waals surface area contributed by atoms with Gasteiger partial charge in [0.05, 0.1) is 24.5 Å². The molecule has 0 aromatic heterocycles. The number of allylic oxidation sites excluding steroid dienone is 2. The molecule has 0 aliphatic rings. The number of nitrogens with one attached hydrogen (secondary N) is 2. The Bertz CT molecular complexity index is 793. The summed E-state index contributed by atoms with van der Waals surface area (Å²) in [7, 11) is 0. The standard InChI is InChI=1S/C27H40N2O5/c1-6-11-22(16-25(31)28-20(5)17-30)26(32)29-24(19(3)4)18-34-27(33)23(12-7-2)15-21-13-9-8-10-14-21/h6-10,13-14,19-20,22-24,30H,1-2,11-12,15-18H2,3-5H3,(H,28,31)(H,29,32)/t20-,22-,23-,24-/m1/s1. The van der Waals surface area contributed by atoms with Crippen molar-refractivity contribution in [2.75, 3.05) is 13.2 Å². The van der Waals surface area contributed by atoms with Crippen molar-refractivity contribution in [1.82, 2.24) is 10.6 Å². The van der Waals surface area contributed by atoms with Crippen LogP contribution in [0.5, 0.6) is 0 Å². The molecule has 0 saturated carbocycles. The highest BCUT2D eigenvalue weighted by Crippen LogP contribution is 2.16. The molecule has 1 aromatic rings. The van der Waals surface area contributed by atoms with Crippen LogP contribution < -0.4 is 10.6 Å². The number of hydrogen-bond donors (Lipinski definition) is 3. The molecule has 0 radical (unpaired) electrons. The lowest BCUT2D eigenvalue weighted by molar-refractivity contribution is -0.150. The fraction of sp³-hybridized carbons (Fsp3) is 0.519. The molecule has 0 heterocycles. The summed E-state index contributed by atoms with van der Waals surface area (Å²) in [6.07, 6.45) is 4.66. The molecular weight excluding hydrogens is 432 g/mol. The van der Waals surface area contributed by atoms with Gasteiger partial charge in [-0.05, 0) is 37.7 Å². The van der Waals surface area contributed by atoms with Gasteiger partial charge in [-0.1, -0.05) is 56.3 Å². The van der Waals surface area contributed by atoms with Gasteiger partial charge in [0.1, 0.15) is 6.61 Å². The summed E-state index contributed by atoms with van der Waals surface area (Å²) >= 11 is 0. The monoisotopic (exact) mass is 472 g/mol. The second-order valence-electron chi connectivity index (χ2n) is 8.98. The number of hydrogen-bond acceptors (Lipinski definition) is 5. The summed E-state index contributed by atoms with van der Waals surface area (Å²) in [6.45, 7) is 12.8. The third-order valence-electron chi connectivity index (χ3n) is 5.58. The van der Waals surface area contributed by atoms with Crippen LogP contribution in [0.3, 0.4) is 0 Å². The van der Waals surface area contributed by atoms with Crippen molar-refractivity contribution in [3.8, 4) is 0 Å². The number of carbonyl (C=O) groups is 3. The number of amides is 2. The van der Waals surface area contributed by atoms with Gasteiger partial charge in [0.15, 0.2) is 0 Å². The number of aliphatic hydroxyl groups is 1. The molecule has 34 heavy (non-hydrogen) atoms. The minimum Gasteiger partial charge on any atom is -0.463 e. The molecule has 1 aromatic carbocycles. The molecule has 0 fully saturated rings. The summed E-state index contributed by atoms with van der Waals surface area (Å²) in [5.74, 6) is -1.89. The Morgan fingerprint density at radius 3 is 2.18 bits per heavy atom. The van der Waals surface area contributed by atoms with Crippen LogP contribution in [0, 0.1) is 17.8 Å². The van der Waals surface area contributed by atoms with Crippen molar-refractivity contribution in [3.63, 3.8) is 0 Å². The van der Waals surface area contributed by atoms with Crippen LogP contribution in [0.4, 0.5) is 0 Å². The molecule has 7 heteroatoms. The molecule has 2 amide bonds. The molecule has 0 spiro atoms. The zero-order valence-electron chi connectivity index (χ0n) is 20.7. The molecule has 4 atom stereocenters. The van der Waals surface area contributed by atoms with Crippen LogP contribution in [0.2, 0.25) is 0 Å². The van der Waals surface area contributed by atoms with E-state index in [-0.39, 0.29) is 55.3 Å². The lowest BCUT2D eigenvalue weighted by Crippen LogP contribution is -2.46. The van der Waals surface area contributed by atoms with Crippen molar-refractivity contribution in [2.45, 2.75) is 58.5 Å². The Hall–Kier alpha value is -2.93. The highest BCUT2D eigenvalue weighted by Gasteiger charge is 2.27. The Kier molecular flexibility index (Phi) is 13.5. The number of ether oxygens (including phenoxy) is 1. The van der Waals surface area contributed by atoms with E-state index in [4.69, 9.17) is 9.84 Å². The Morgan fingerprint density at radius 2 is 1.62 bits per heavy atom. The van der Waals surface area contributed by atoms with Crippen LogP contribution in [-0.4, -0.2) is 48.2 Å². The number of aliphatic hydroxyl groups excluding tert-OH is 1. The van der Waals surface area contributed by atoms with E-state index in [1.54, 1.807) is 19.1 Å². The van der Waals surface area contributed by atoms with Gasteiger partial charge in [0.25, 0.3) is 0 Å². The second-order valence-corrected chi connectivity index (χ2v) is 8.98. The average molecular weight is 473 g/mol. The van der Waals surface area contributed by atoms with E-state index < -0.39 is 12.0 Å². The van der Waals surface area contributed by atoms with E-state index >= 15 is 0 Å². The minimum absolute atomic E-state index is 0.0105. The molecular formula is C27H40N2O5. The van der Waals surface area contributed by atoms with E-state index in [1.807, 2.05) is 44.2 Å². The third-order valence-corrected chi connectivity index (χ3v) is 5.58. The van der Waals surface area contributed by atoms with Gasteiger partial charge >= 0.3 is 5.97 Å². The van der Waals surface area contributed by atoms with Gasteiger partial charge in [-0.2, -0.15) is 0 Å². The largest absolute Gasteiger partial charge is 0.463 e. The SMILES string of the molecule is C=CC[C@H](CC(=O)N[C@H](C)CO)C(=O)N[C@H](COC(=O)[C@H](CC=C)Cc1ccccc1)C(C)C. The molecule has 0 bridgehead atoms. The van der Waals surface area contributed by atoms with Gasteiger partial charge in [-0.15, -0.1) is 13.2 Å². The van der Waals surface area contributed by atoms with Crippen LogP contribution in [0.1, 0.15) is 45.6 Å². The van der Waals surface area contributed by atoms with Gasteiger partial charge in [-0.25, -0.2) is 0 Å². The van der Waals surface area contributed by atoms with Crippen molar-refractivity contribution in [3.05, 3.63) is 61.2 Å². The van der Waals surface area contributed by atoms with Gasteiger partial charge < -0.3 is 20.5 Å². The van der Waals surface area contributed by atoms with Crippen LogP contribution in [0.25, 0.3) is 0 Å². The molecule has 1 rings (SSSR count). The van der Waals surface area contributed by atoms with Crippen molar-refractivity contribution < 1.29 is 24.2 Å². The predicted molar refractivity (Wildman–Crippen MR) is 134 cm³/mol. The molecule has 0 aliphatic heterocycles. The van der Waals surface area contributed by atoms with E-state index in [2.05, 4.69) is 23.8 Å². The molecule has 188 valence electrons. The summed E-state index contributed by atoms with van der Waals surface area (Å²) in [5.41, 5.74) is 1.04. The average Bonchev–Trinajstić information content (AvgIpc) is 2.81. The minimum atomic E-state index is -0.605. The van der Waals surface area contributed by atoms with Gasteiger partial charge in [-0.3, -0.25) is 14.4 Å². The van der Waals surface area contributed by atoms with E-state index in [9.17, 15) is 14.4 Å². The van der Waals surface area contributed by atoms with Crippen molar-refractivity contribution in [2.24, 2.45) is 17.8 Å². The topological polar surface area (TPSA) is 105 Å². The highest BCUT2D eigenvalue weighted by molar-refractivity contribution is 5.86. The zero-order valence-corrected chi connectivity index (χ0v) is 20.7. The lowest BCUT2D eigenvalue weighted by Gasteiger charge is -2.26. The summed E-state index contributed by atoms with van der Waals surface area (Å²) < 4.78 is 5.61. The van der Waals surface area contributed by atoms with Crippen LogP contribution in [-0.2, 0) is 25.5 Å². The molecule has 0 unspecified atom stereocenters. The van der Waals surface area contributed by atoms with Crippen molar-refractivity contribution in [1.29, 1.82) is 0 Å². The van der Waals surface area contributed by atoms with Crippen LogP contribution in [0.15, 0.2) is 55.6 Å². The summed E-state index contributed by atoms with van der Waals surface area (Å²) in [4.78, 5) is 37.9. The van der Waals surface area contributed by atoms with Crippen molar-refractivity contribution >= 4 is 17.8 Å². The quantitative estimate of drug-likeness (QED) is 0.253. The van der Waals surface area contributed by atoms with E-state index in [0.29, 0.717) is 19.3 Å². The number of rotatable bonds is 16. The first-order valence-electron chi connectivity index (χ1n) is 11.8. The fourth-order valence-corrected chi connectivity index (χ4v) is 3.44. The molecule has 0 saturated heterocycles. The number of carbonyl (C=O) groups excluding carboxylic acids is 3. The highest BCUT2D eigenvalue weighted by atomic mass is 16.5. The molecule has 0 aliphatic carbocycles. The zero-order chi connectivity index (χ0) is 25.5. The van der Waals surface area contributed by atoms with Crippen LogP contribution >= 0.6 is 0 Å². The maximum Gasteiger partial charge on any atom is 0.309 e. The first kappa shape index (κ1) is 29.1. The summed E-state index contributed by atoms with van der Waals surface area (Å²) in [6, 6.07) is 8.94.